The maximum atomic E-state index is 11.4. The van der Waals surface area contributed by atoms with Gasteiger partial charge in [-0.25, -0.2) is 18.1 Å². The first-order valence-corrected chi connectivity index (χ1v) is 9.99. The summed E-state index contributed by atoms with van der Waals surface area (Å²) in [6.07, 6.45) is 2.75. The van der Waals surface area contributed by atoms with Crippen LogP contribution in [-0.2, 0) is 10.0 Å². The van der Waals surface area contributed by atoms with Crippen LogP contribution in [0.1, 0.15) is 0 Å². The Labute approximate surface area is 157 Å². The minimum atomic E-state index is -3.37. The lowest BCUT2D eigenvalue weighted by Crippen LogP contribution is -2.10. The number of hydrogen-bond donors (Lipinski definition) is 1. The van der Waals surface area contributed by atoms with Crippen molar-refractivity contribution in [3.8, 4) is 11.4 Å². The number of nitrogens with one attached hydrogen (secondary N) is 1. The molecule has 1 aromatic carbocycles. The number of fused-ring (bicyclic) bond motifs is 1. The summed E-state index contributed by atoms with van der Waals surface area (Å²) in [7, 11) is -1.86. The summed E-state index contributed by atoms with van der Waals surface area (Å²) >= 11 is 8.11. The Morgan fingerprint density at radius 1 is 1.33 bits per heavy atom. The predicted octanol–water partition coefficient (Wildman–Crippen LogP) is 3.06. The molecule has 0 unspecified atom stereocenters. The molecule has 0 aliphatic rings. The third kappa shape index (κ3) is 3.42. The van der Waals surface area contributed by atoms with Gasteiger partial charge in [0, 0.05) is 18.3 Å². The summed E-state index contributed by atoms with van der Waals surface area (Å²) in [5.41, 5.74) is 1.84. The molecule has 1 N–H and O–H groups in total. The molecule has 24 heavy (non-hydrogen) atoms. The molecule has 0 amide bonds. The largest absolute Gasteiger partial charge is 0.494 e. The number of nitrogens with zero attached hydrogens (tertiary/aromatic N) is 3. The fraction of sp³-hybridized carbons (Fsp3) is 0.143. The molecular weight excluding hydrogens is 467 g/mol. The van der Waals surface area contributed by atoms with Gasteiger partial charge in [0.1, 0.15) is 20.3 Å². The first-order chi connectivity index (χ1) is 11.3. The minimum absolute atomic E-state index is 0.356. The zero-order chi connectivity index (χ0) is 17.5. The number of ether oxygens (including phenoxy) is 1. The Kier molecular flexibility index (Phi) is 4.58. The third-order valence-corrected chi connectivity index (χ3v) is 4.81. The fourth-order valence-electron chi connectivity index (χ4n) is 2.26. The van der Waals surface area contributed by atoms with Gasteiger partial charge in [-0.2, -0.15) is 5.10 Å². The Bertz CT molecular complexity index is 1040. The standard InChI is InChI=1S/C14H12ClIN4O3S/c1-23-12-5-8(19-24(2,21)22)3-4-10(12)20-11-6-13(15)17-7-9(11)14(16)18-20/h3-7,19H,1-2H3. The molecule has 0 aliphatic carbocycles. The molecule has 0 spiro atoms. The van der Waals surface area contributed by atoms with Crippen LogP contribution in [0.2, 0.25) is 5.15 Å². The highest BCUT2D eigenvalue weighted by Gasteiger charge is 2.15. The number of benzene rings is 1. The van der Waals surface area contributed by atoms with Crippen LogP contribution in [0.25, 0.3) is 16.6 Å². The van der Waals surface area contributed by atoms with Gasteiger partial charge in [-0.1, -0.05) is 11.6 Å². The highest BCUT2D eigenvalue weighted by molar-refractivity contribution is 14.1. The smallest absolute Gasteiger partial charge is 0.229 e. The van der Waals surface area contributed by atoms with Crippen molar-refractivity contribution in [2.75, 3.05) is 18.1 Å². The topological polar surface area (TPSA) is 86.1 Å². The normalized spacial score (nSPS) is 11.7. The molecule has 0 bridgehead atoms. The molecular formula is C14H12ClIN4O3S. The molecule has 10 heteroatoms. The number of anilines is 1. The Morgan fingerprint density at radius 2 is 2.08 bits per heavy atom. The van der Waals surface area contributed by atoms with Crippen LogP contribution in [-0.4, -0.2) is 36.5 Å². The average Bonchev–Trinajstić information content (AvgIpc) is 2.81. The highest BCUT2D eigenvalue weighted by atomic mass is 127. The summed E-state index contributed by atoms with van der Waals surface area (Å²) in [6, 6.07) is 6.68. The zero-order valence-electron chi connectivity index (χ0n) is 12.6. The van der Waals surface area contributed by atoms with E-state index in [9.17, 15) is 8.42 Å². The van der Waals surface area contributed by atoms with Crippen molar-refractivity contribution in [2.45, 2.75) is 0 Å². The lowest BCUT2D eigenvalue weighted by Gasteiger charge is -2.12. The first-order valence-electron chi connectivity index (χ1n) is 6.64. The fourth-order valence-corrected chi connectivity index (χ4v) is 3.60. The number of methoxy groups -OCH3 is 1. The van der Waals surface area contributed by atoms with Crippen LogP contribution in [0, 0.1) is 3.70 Å². The predicted molar refractivity (Wildman–Crippen MR) is 102 cm³/mol. The van der Waals surface area contributed by atoms with Crippen LogP contribution < -0.4 is 9.46 Å². The average molecular weight is 479 g/mol. The van der Waals surface area contributed by atoms with E-state index in [2.05, 4.69) is 37.4 Å². The molecule has 2 heterocycles. The van der Waals surface area contributed by atoms with Crippen molar-refractivity contribution >= 4 is 60.8 Å². The van der Waals surface area contributed by atoms with E-state index < -0.39 is 10.0 Å². The molecule has 7 nitrogen and oxygen atoms in total. The van der Waals surface area contributed by atoms with Gasteiger partial charge in [-0.05, 0) is 34.7 Å². The van der Waals surface area contributed by atoms with Crippen molar-refractivity contribution in [1.82, 2.24) is 14.8 Å². The molecule has 2 aromatic heterocycles. The van der Waals surface area contributed by atoms with Gasteiger partial charge in [0.25, 0.3) is 0 Å². The quantitative estimate of drug-likeness (QED) is 0.460. The monoisotopic (exact) mass is 478 g/mol. The molecule has 0 saturated heterocycles. The Morgan fingerprint density at radius 3 is 2.75 bits per heavy atom. The lowest BCUT2D eigenvalue weighted by molar-refractivity contribution is 0.412. The van der Waals surface area contributed by atoms with Crippen molar-refractivity contribution < 1.29 is 13.2 Å². The van der Waals surface area contributed by atoms with E-state index in [0.29, 0.717) is 22.3 Å². The van der Waals surface area contributed by atoms with E-state index in [1.54, 1.807) is 35.1 Å². The third-order valence-electron chi connectivity index (χ3n) is 3.20. The Hall–Kier alpha value is -1.59. The summed E-state index contributed by atoms with van der Waals surface area (Å²) < 4.78 is 33.0. The van der Waals surface area contributed by atoms with Crippen LogP contribution >= 0.6 is 34.2 Å². The summed E-state index contributed by atoms with van der Waals surface area (Å²) in [5, 5.41) is 5.72. The minimum Gasteiger partial charge on any atom is -0.494 e. The van der Waals surface area contributed by atoms with Crippen molar-refractivity contribution in [3.63, 3.8) is 0 Å². The molecule has 0 atom stereocenters. The van der Waals surface area contributed by atoms with Gasteiger partial charge in [0.15, 0.2) is 0 Å². The highest BCUT2D eigenvalue weighted by Crippen LogP contribution is 2.31. The van der Waals surface area contributed by atoms with Crippen LogP contribution in [0.15, 0.2) is 30.5 Å². The van der Waals surface area contributed by atoms with E-state index >= 15 is 0 Å². The van der Waals surface area contributed by atoms with Crippen LogP contribution in [0.5, 0.6) is 5.75 Å². The number of pyridine rings is 1. The number of halogens is 2. The van der Waals surface area contributed by atoms with Gasteiger partial charge >= 0.3 is 0 Å². The molecule has 0 aliphatic heterocycles. The molecule has 0 saturated carbocycles. The van der Waals surface area contributed by atoms with Crippen LogP contribution in [0.4, 0.5) is 5.69 Å². The van der Waals surface area contributed by atoms with Gasteiger partial charge < -0.3 is 4.74 Å². The number of sulfonamides is 1. The maximum Gasteiger partial charge on any atom is 0.229 e. The SMILES string of the molecule is COc1cc(NS(C)(=O)=O)ccc1-n1nc(I)c2cnc(Cl)cc21. The second-order valence-corrected chi connectivity index (χ2v) is 8.15. The second kappa shape index (κ2) is 6.37. The second-order valence-electron chi connectivity index (χ2n) is 4.99. The first kappa shape index (κ1) is 17.2. The molecule has 0 fully saturated rings. The van der Waals surface area contributed by atoms with E-state index in [4.69, 9.17) is 16.3 Å². The number of hydrogen-bond acceptors (Lipinski definition) is 5. The number of aromatic nitrogens is 3. The van der Waals surface area contributed by atoms with Crippen molar-refractivity contribution in [2.24, 2.45) is 0 Å². The lowest BCUT2D eigenvalue weighted by atomic mass is 10.2. The summed E-state index contributed by atoms with van der Waals surface area (Å²) in [4.78, 5) is 4.07. The van der Waals surface area contributed by atoms with Crippen LogP contribution in [0.3, 0.4) is 0 Å². The molecule has 3 rings (SSSR count). The zero-order valence-corrected chi connectivity index (χ0v) is 16.3. The van der Waals surface area contributed by atoms with E-state index in [1.165, 1.54) is 7.11 Å². The van der Waals surface area contributed by atoms with Crippen molar-refractivity contribution in [1.29, 1.82) is 0 Å². The summed E-state index contributed by atoms with van der Waals surface area (Å²) in [5.74, 6) is 0.470. The molecule has 0 radical (unpaired) electrons. The van der Waals surface area contributed by atoms with Gasteiger partial charge in [-0.3, -0.25) is 4.72 Å². The molecule has 3 aromatic rings. The maximum absolute atomic E-state index is 11.4. The molecule has 126 valence electrons. The van der Waals surface area contributed by atoms with Gasteiger partial charge in [0.05, 0.1) is 30.0 Å². The van der Waals surface area contributed by atoms with E-state index in [1.807, 2.05) is 0 Å². The Balaban J connectivity index is 2.18. The van der Waals surface area contributed by atoms with E-state index in [-0.39, 0.29) is 0 Å². The van der Waals surface area contributed by atoms with Crippen molar-refractivity contribution in [3.05, 3.63) is 39.3 Å². The number of rotatable bonds is 4. The van der Waals surface area contributed by atoms with Gasteiger partial charge in [-0.15, -0.1) is 0 Å². The summed E-state index contributed by atoms with van der Waals surface area (Å²) in [6.45, 7) is 0. The van der Waals surface area contributed by atoms with Gasteiger partial charge in [0.2, 0.25) is 10.0 Å². The van der Waals surface area contributed by atoms with E-state index in [0.717, 1.165) is 20.9 Å².